The fourth-order valence-electron chi connectivity index (χ4n) is 2.05. The van der Waals surface area contributed by atoms with Crippen LogP contribution in [0.1, 0.15) is 21.3 Å². The van der Waals surface area contributed by atoms with E-state index in [4.69, 9.17) is 0 Å². The van der Waals surface area contributed by atoms with Gasteiger partial charge in [0.05, 0.1) is 6.54 Å². The predicted octanol–water partition coefficient (Wildman–Crippen LogP) is 2.62. The van der Waals surface area contributed by atoms with Gasteiger partial charge in [0, 0.05) is 37.3 Å². The van der Waals surface area contributed by atoms with Crippen molar-refractivity contribution < 1.29 is 9.90 Å². The molecule has 0 aliphatic heterocycles. The van der Waals surface area contributed by atoms with Crippen LogP contribution in [-0.2, 0) is 0 Å². The van der Waals surface area contributed by atoms with Gasteiger partial charge < -0.3 is 14.9 Å². The van der Waals surface area contributed by atoms with E-state index in [-0.39, 0.29) is 12.5 Å². The minimum Gasteiger partial charge on any atom is -0.386 e. The van der Waals surface area contributed by atoms with Crippen molar-refractivity contribution >= 4 is 22.9 Å². The molecule has 1 aromatic carbocycles. The maximum absolute atomic E-state index is 12.4. The lowest BCUT2D eigenvalue weighted by atomic mass is 10.1. The van der Waals surface area contributed by atoms with E-state index in [9.17, 15) is 9.90 Å². The minimum absolute atomic E-state index is 0.0886. The molecule has 5 heteroatoms. The third-order valence-electron chi connectivity index (χ3n) is 3.27. The summed E-state index contributed by atoms with van der Waals surface area (Å²) in [7, 11) is 5.59. The Morgan fingerprint density at radius 2 is 2.00 bits per heavy atom. The summed E-state index contributed by atoms with van der Waals surface area (Å²) in [5, 5.41) is 12.0. The Bertz CT molecular complexity index is 596. The second-order valence-corrected chi connectivity index (χ2v) is 6.14. The normalized spacial score (nSPS) is 12.0. The highest BCUT2D eigenvalue weighted by molar-refractivity contribution is 7.10. The molecule has 0 radical (unpaired) electrons. The molecule has 0 bridgehead atoms. The molecule has 1 heterocycles. The predicted molar refractivity (Wildman–Crippen MR) is 87.0 cm³/mol. The van der Waals surface area contributed by atoms with Crippen molar-refractivity contribution in [3.05, 3.63) is 52.2 Å². The van der Waals surface area contributed by atoms with E-state index in [2.05, 4.69) is 0 Å². The van der Waals surface area contributed by atoms with Gasteiger partial charge in [-0.15, -0.1) is 11.3 Å². The minimum atomic E-state index is -0.643. The van der Waals surface area contributed by atoms with E-state index in [1.807, 2.05) is 54.7 Å². The number of nitrogens with zero attached hydrogens (tertiary/aromatic N) is 2. The number of carbonyl (C=O) groups excluding carboxylic acids is 1. The van der Waals surface area contributed by atoms with Gasteiger partial charge >= 0.3 is 0 Å². The fraction of sp³-hybridized carbons (Fsp3) is 0.312. The summed E-state index contributed by atoms with van der Waals surface area (Å²) in [5.74, 6) is -0.0886. The number of carbonyl (C=O) groups is 1. The Morgan fingerprint density at radius 3 is 2.62 bits per heavy atom. The molecule has 0 saturated heterocycles. The van der Waals surface area contributed by atoms with Gasteiger partial charge in [-0.05, 0) is 29.6 Å². The summed E-state index contributed by atoms with van der Waals surface area (Å²) in [4.78, 5) is 16.8. The number of aliphatic hydroxyl groups excluding tert-OH is 1. The largest absolute Gasteiger partial charge is 0.386 e. The summed E-state index contributed by atoms with van der Waals surface area (Å²) in [6, 6.07) is 11.2. The summed E-state index contributed by atoms with van der Waals surface area (Å²) in [6.45, 7) is 0.283. The molecule has 2 aromatic rings. The zero-order chi connectivity index (χ0) is 15.4. The second kappa shape index (κ2) is 6.74. The molecule has 4 nitrogen and oxygen atoms in total. The van der Waals surface area contributed by atoms with Crippen LogP contribution >= 0.6 is 11.3 Å². The van der Waals surface area contributed by atoms with E-state index in [0.29, 0.717) is 5.56 Å². The summed E-state index contributed by atoms with van der Waals surface area (Å²) < 4.78 is 0. The molecule has 1 unspecified atom stereocenters. The Hall–Kier alpha value is -1.85. The number of hydrogen-bond donors (Lipinski definition) is 1. The standard InChI is InChI=1S/C16H20N2O2S/c1-17(2)13-7-4-6-12(10-13)16(20)18(3)11-14(19)15-8-5-9-21-15/h4-10,14,19H,11H2,1-3H3. The average molecular weight is 304 g/mol. The van der Waals surface area contributed by atoms with Gasteiger partial charge in [0.25, 0.3) is 5.91 Å². The maximum atomic E-state index is 12.4. The van der Waals surface area contributed by atoms with Gasteiger partial charge in [-0.3, -0.25) is 4.79 Å². The molecule has 1 amide bonds. The summed E-state index contributed by atoms with van der Waals surface area (Å²) >= 11 is 1.49. The third-order valence-corrected chi connectivity index (χ3v) is 4.25. The highest BCUT2D eigenvalue weighted by Crippen LogP contribution is 2.20. The van der Waals surface area contributed by atoms with E-state index >= 15 is 0 Å². The Labute approximate surface area is 129 Å². The SMILES string of the molecule is CN(CC(O)c1cccs1)C(=O)c1cccc(N(C)C)c1. The Balaban J connectivity index is 2.07. The van der Waals surface area contributed by atoms with Gasteiger partial charge in [0.1, 0.15) is 6.10 Å². The fourth-order valence-corrected chi connectivity index (χ4v) is 2.75. The number of likely N-dealkylation sites (N-methyl/N-ethyl adjacent to an activating group) is 1. The van der Waals surface area contributed by atoms with Crippen LogP contribution in [0.5, 0.6) is 0 Å². The van der Waals surface area contributed by atoms with Gasteiger partial charge in [-0.1, -0.05) is 12.1 Å². The van der Waals surface area contributed by atoms with Crippen LogP contribution in [0.2, 0.25) is 0 Å². The number of aliphatic hydroxyl groups is 1. The molecule has 0 aliphatic carbocycles. The van der Waals surface area contributed by atoms with E-state index in [1.165, 1.54) is 11.3 Å². The molecule has 0 saturated carbocycles. The summed E-state index contributed by atoms with van der Waals surface area (Å²) in [5.41, 5.74) is 1.61. The van der Waals surface area contributed by atoms with Crippen molar-refractivity contribution in [3.63, 3.8) is 0 Å². The van der Waals surface area contributed by atoms with Crippen LogP contribution < -0.4 is 4.90 Å². The van der Waals surface area contributed by atoms with Crippen molar-refractivity contribution in [1.29, 1.82) is 0 Å². The first-order chi connectivity index (χ1) is 9.99. The molecular formula is C16H20N2O2S. The zero-order valence-electron chi connectivity index (χ0n) is 12.5. The average Bonchev–Trinajstić information content (AvgIpc) is 3.00. The van der Waals surface area contributed by atoms with E-state index < -0.39 is 6.10 Å². The van der Waals surface area contributed by atoms with Crippen molar-refractivity contribution in [3.8, 4) is 0 Å². The molecule has 1 aromatic heterocycles. The van der Waals surface area contributed by atoms with Crippen LogP contribution in [-0.4, -0.2) is 43.6 Å². The molecule has 0 spiro atoms. The molecule has 112 valence electrons. The van der Waals surface area contributed by atoms with Crippen molar-refractivity contribution in [2.45, 2.75) is 6.10 Å². The van der Waals surface area contributed by atoms with E-state index in [1.54, 1.807) is 18.0 Å². The van der Waals surface area contributed by atoms with Gasteiger partial charge in [0.15, 0.2) is 0 Å². The third kappa shape index (κ3) is 3.83. The number of benzene rings is 1. The van der Waals surface area contributed by atoms with Gasteiger partial charge in [-0.25, -0.2) is 0 Å². The van der Waals surface area contributed by atoms with Crippen LogP contribution in [0.3, 0.4) is 0 Å². The van der Waals surface area contributed by atoms with Crippen molar-refractivity contribution in [2.24, 2.45) is 0 Å². The van der Waals surface area contributed by atoms with E-state index in [0.717, 1.165) is 10.6 Å². The molecule has 0 fully saturated rings. The smallest absolute Gasteiger partial charge is 0.253 e. The highest BCUT2D eigenvalue weighted by atomic mass is 32.1. The Morgan fingerprint density at radius 1 is 1.24 bits per heavy atom. The molecule has 1 N–H and O–H groups in total. The molecule has 0 aliphatic rings. The van der Waals surface area contributed by atoms with Gasteiger partial charge in [-0.2, -0.15) is 0 Å². The van der Waals surface area contributed by atoms with Crippen LogP contribution in [0.4, 0.5) is 5.69 Å². The quantitative estimate of drug-likeness (QED) is 0.923. The van der Waals surface area contributed by atoms with Crippen molar-refractivity contribution in [1.82, 2.24) is 4.90 Å². The Kier molecular flexibility index (Phi) is 4.98. The number of thiophene rings is 1. The number of hydrogen-bond acceptors (Lipinski definition) is 4. The second-order valence-electron chi connectivity index (χ2n) is 5.16. The lowest BCUT2D eigenvalue weighted by molar-refractivity contribution is 0.0685. The molecule has 21 heavy (non-hydrogen) atoms. The maximum Gasteiger partial charge on any atom is 0.253 e. The highest BCUT2D eigenvalue weighted by Gasteiger charge is 2.17. The monoisotopic (exact) mass is 304 g/mol. The first-order valence-electron chi connectivity index (χ1n) is 6.73. The van der Waals surface area contributed by atoms with Crippen LogP contribution in [0.25, 0.3) is 0 Å². The first-order valence-corrected chi connectivity index (χ1v) is 7.61. The lowest BCUT2D eigenvalue weighted by Crippen LogP contribution is -2.31. The van der Waals surface area contributed by atoms with Crippen LogP contribution in [0, 0.1) is 0 Å². The molecule has 1 atom stereocenters. The number of amides is 1. The number of rotatable bonds is 5. The molecule has 2 rings (SSSR count). The number of anilines is 1. The lowest BCUT2D eigenvalue weighted by Gasteiger charge is -2.21. The van der Waals surface area contributed by atoms with Gasteiger partial charge in [0.2, 0.25) is 0 Å². The molecular weight excluding hydrogens is 284 g/mol. The van der Waals surface area contributed by atoms with Crippen molar-refractivity contribution in [2.75, 3.05) is 32.6 Å². The topological polar surface area (TPSA) is 43.8 Å². The van der Waals surface area contributed by atoms with Crippen LogP contribution in [0.15, 0.2) is 41.8 Å². The first kappa shape index (κ1) is 15.5. The summed E-state index contributed by atoms with van der Waals surface area (Å²) in [6.07, 6.45) is -0.643. The zero-order valence-corrected chi connectivity index (χ0v) is 13.3.